The number of hydrogen-bond acceptors (Lipinski definition) is 8. The number of amides is 5. The van der Waals surface area contributed by atoms with E-state index in [9.17, 15) is 39.0 Å². The van der Waals surface area contributed by atoms with Gasteiger partial charge in [-0.15, -0.1) is 0 Å². The number of carboxylic acids is 1. The third-order valence-corrected chi connectivity index (χ3v) is 7.69. The van der Waals surface area contributed by atoms with E-state index >= 15 is 0 Å². The van der Waals surface area contributed by atoms with Gasteiger partial charge < -0.3 is 43.3 Å². The first-order chi connectivity index (χ1) is 22.0. The minimum atomic E-state index is -1.33. The summed E-state index contributed by atoms with van der Waals surface area (Å²) in [7, 11) is 0. The SMILES string of the molecule is CC(C)CC(=O)N[C@H](C(=O)N[C@H](C(=O)N[C@@H](CC(C)C)[C@@H](O)CC(=O)N[C@@H](C)C(=O)N[C@@H](CC(C)C)[C@@H](O)CC(=O)O)C(C)C)C(C)C.[H-].[Na+]. The Morgan fingerprint density at radius 3 is 1.31 bits per heavy atom. The monoisotopic (exact) mass is 709 g/mol. The maximum absolute atomic E-state index is 13.5. The molecule has 0 bridgehead atoms. The first kappa shape index (κ1) is 48.9. The zero-order chi connectivity index (χ0) is 37.5. The largest absolute Gasteiger partial charge is 1.00 e. The number of carbonyl (C=O) groups is 6. The summed E-state index contributed by atoms with van der Waals surface area (Å²) in [6.07, 6.45) is -2.76. The van der Waals surface area contributed by atoms with Gasteiger partial charge in [-0.3, -0.25) is 28.8 Å². The van der Waals surface area contributed by atoms with Crippen molar-refractivity contribution in [1.82, 2.24) is 26.6 Å². The van der Waals surface area contributed by atoms with E-state index in [-0.39, 0.29) is 72.9 Å². The summed E-state index contributed by atoms with van der Waals surface area (Å²) in [6.45, 7) is 19.8. The van der Waals surface area contributed by atoms with Crippen LogP contribution in [-0.4, -0.2) is 93.2 Å². The first-order valence-electron chi connectivity index (χ1n) is 17.1. The van der Waals surface area contributed by atoms with Gasteiger partial charge in [0.25, 0.3) is 0 Å². The molecule has 0 aromatic carbocycles. The molecule has 5 amide bonds. The molecule has 0 rings (SSSR count). The Bertz CT molecular complexity index is 1080. The second kappa shape index (κ2) is 24.0. The van der Waals surface area contributed by atoms with E-state index in [1.807, 2.05) is 41.5 Å². The van der Waals surface area contributed by atoms with E-state index in [0.717, 1.165) is 0 Å². The fourth-order valence-electron chi connectivity index (χ4n) is 5.16. The Kier molecular flexibility index (Phi) is 23.9. The van der Waals surface area contributed by atoms with Gasteiger partial charge in [0.1, 0.15) is 18.1 Å². The van der Waals surface area contributed by atoms with Crippen molar-refractivity contribution in [3.63, 3.8) is 0 Å². The zero-order valence-corrected chi connectivity index (χ0v) is 33.8. The van der Waals surface area contributed by atoms with Gasteiger partial charge in [0.15, 0.2) is 0 Å². The number of aliphatic carboxylic acids is 1. The fourth-order valence-corrected chi connectivity index (χ4v) is 5.16. The topological polar surface area (TPSA) is 223 Å². The first-order valence-corrected chi connectivity index (χ1v) is 17.1. The average molecular weight is 710 g/mol. The fraction of sp³-hybridized carbons (Fsp3) is 0.824. The Balaban J connectivity index is -0.0000110. The minimum absolute atomic E-state index is 0. The molecule has 0 aromatic rings. The van der Waals surface area contributed by atoms with Gasteiger partial charge in [-0.05, 0) is 49.4 Å². The zero-order valence-electron chi connectivity index (χ0n) is 32.8. The van der Waals surface area contributed by atoms with Crippen molar-refractivity contribution in [2.24, 2.45) is 29.6 Å². The number of aliphatic hydroxyl groups excluding tert-OH is 2. The standard InChI is InChI=1S/C34H63N5O9.Na.H/c1-17(2)12-23(37-33(47)31(21(9)10)39-34(48)30(20(7)8)38-27(42)14-19(5)6)25(40)15-28(43)35-22(11)32(46)36-24(13-18(3)4)26(41)16-29(44)45;;/h17-26,30-31,40-41H,12-16H2,1-11H3,(H,35,43)(H,36,46)(H,37,47)(H,38,42)(H,39,48)(H,44,45);;/q;+1;-1/t22-,23-,24-,25-,26-,30-,31-;;/m0../s1. The Morgan fingerprint density at radius 2 is 0.898 bits per heavy atom. The summed E-state index contributed by atoms with van der Waals surface area (Å²) in [5, 5.41) is 43.9. The second-order valence-corrected chi connectivity index (χ2v) is 14.8. The Morgan fingerprint density at radius 1 is 0.510 bits per heavy atom. The molecule has 0 saturated carbocycles. The summed E-state index contributed by atoms with van der Waals surface area (Å²) < 4.78 is 0. The van der Waals surface area contributed by atoms with Crippen LogP contribution in [0.15, 0.2) is 0 Å². The quantitative estimate of drug-likeness (QED) is 0.0618. The van der Waals surface area contributed by atoms with Crippen molar-refractivity contribution < 1.29 is 75.1 Å². The van der Waals surface area contributed by atoms with Gasteiger partial charge in [0.05, 0.1) is 37.1 Å². The van der Waals surface area contributed by atoms with Crippen LogP contribution in [-0.2, 0) is 28.8 Å². The van der Waals surface area contributed by atoms with Gasteiger partial charge in [0.2, 0.25) is 29.5 Å². The maximum atomic E-state index is 13.5. The van der Waals surface area contributed by atoms with Crippen molar-refractivity contribution in [1.29, 1.82) is 0 Å². The molecule has 8 N–H and O–H groups in total. The Labute approximate surface area is 316 Å². The molecule has 14 nitrogen and oxygen atoms in total. The van der Waals surface area contributed by atoms with Crippen LogP contribution in [0.3, 0.4) is 0 Å². The minimum Gasteiger partial charge on any atom is -1.00 e. The molecule has 0 fully saturated rings. The van der Waals surface area contributed by atoms with Gasteiger partial charge in [-0.1, -0.05) is 69.2 Å². The number of carboxylic acid groups (broad SMARTS) is 1. The van der Waals surface area contributed by atoms with E-state index in [1.165, 1.54) is 6.92 Å². The van der Waals surface area contributed by atoms with Crippen molar-refractivity contribution >= 4 is 35.5 Å². The molecule has 280 valence electrons. The molecule has 7 atom stereocenters. The van der Waals surface area contributed by atoms with Crippen LogP contribution in [0.2, 0.25) is 0 Å². The summed E-state index contributed by atoms with van der Waals surface area (Å²) >= 11 is 0. The molecule has 0 aliphatic rings. The van der Waals surface area contributed by atoms with E-state index < -0.39 is 84.9 Å². The molecule has 49 heavy (non-hydrogen) atoms. The van der Waals surface area contributed by atoms with Gasteiger partial charge in [-0.2, -0.15) is 0 Å². The predicted molar refractivity (Wildman–Crippen MR) is 183 cm³/mol. The van der Waals surface area contributed by atoms with Crippen molar-refractivity contribution in [3.8, 4) is 0 Å². The molecular weight excluding hydrogens is 645 g/mol. The predicted octanol–water partition coefficient (Wildman–Crippen LogP) is -1.42. The maximum Gasteiger partial charge on any atom is 1.00 e. The van der Waals surface area contributed by atoms with Gasteiger partial charge in [-0.25, -0.2) is 0 Å². The number of hydrogen-bond donors (Lipinski definition) is 8. The van der Waals surface area contributed by atoms with E-state index in [4.69, 9.17) is 5.11 Å². The summed E-state index contributed by atoms with van der Waals surface area (Å²) in [6, 6.07) is -4.61. The van der Waals surface area contributed by atoms with Crippen LogP contribution < -0.4 is 56.1 Å². The third kappa shape index (κ3) is 20.2. The van der Waals surface area contributed by atoms with Crippen LogP contribution in [0, 0.1) is 29.6 Å². The smallest absolute Gasteiger partial charge is 1.00 e. The number of aliphatic hydroxyl groups is 2. The molecule has 0 aliphatic carbocycles. The van der Waals surface area contributed by atoms with Crippen molar-refractivity contribution in [3.05, 3.63) is 0 Å². The van der Waals surface area contributed by atoms with Crippen LogP contribution in [0.1, 0.15) is 110 Å². The molecule has 0 heterocycles. The normalized spacial score (nSPS) is 15.8. The van der Waals surface area contributed by atoms with Gasteiger partial charge >= 0.3 is 35.5 Å². The van der Waals surface area contributed by atoms with Crippen molar-refractivity contribution in [2.45, 2.75) is 151 Å². The number of rotatable bonds is 22. The van der Waals surface area contributed by atoms with Crippen LogP contribution in [0.25, 0.3) is 0 Å². The third-order valence-electron chi connectivity index (χ3n) is 7.69. The van der Waals surface area contributed by atoms with E-state index in [1.54, 1.807) is 27.7 Å². The molecule has 0 saturated heterocycles. The summed E-state index contributed by atoms with van der Waals surface area (Å²) in [5.41, 5.74) is 0. The van der Waals surface area contributed by atoms with Crippen LogP contribution >= 0.6 is 0 Å². The molecule has 0 aromatic heterocycles. The Hall–Kier alpha value is -2.26. The summed E-state index contributed by atoms with van der Waals surface area (Å²) in [4.78, 5) is 75.9. The van der Waals surface area contributed by atoms with E-state index in [2.05, 4.69) is 26.6 Å². The number of carbonyl (C=O) groups excluding carboxylic acids is 5. The van der Waals surface area contributed by atoms with Crippen LogP contribution in [0.4, 0.5) is 0 Å². The number of nitrogens with one attached hydrogen (secondary N) is 5. The average Bonchev–Trinajstić information content (AvgIpc) is 2.91. The van der Waals surface area contributed by atoms with Crippen molar-refractivity contribution in [2.75, 3.05) is 0 Å². The molecular formula is C34H64N5NaO9. The molecule has 0 radical (unpaired) electrons. The van der Waals surface area contributed by atoms with Gasteiger partial charge in [0, 0.05) is 6.42 Å². The summed E-state index contributed by atoms with van der Waals surface area (Å²) in [5.74, 6) is -4.25. The second-order valence-electron chi connectivity index (χ2n) is 14.8. The van der Waals surface area contributed by atoms with Crippen LogP contribution in [0.5, 0.6) is 0 Å². The molecule has 0 spiro atoms. The molecule has 15 heteroatoms. The van der Waals surface area contributed by atoms with E-state index in [0.29, 0.717) is 12.8 Å². The molecule has 0 aliphatic heterocycles. The molecule has 0 unspecified atom stereocenters.